The molecule has 8 heteroatoms. The van der Waals surface area contributed by atoms with Gasteiger partial charge in [-0.2, -0.15) is 0 Å². The second-order valence-electron chi connectivity index (χ2n) is 9.03. The highest BCUT2D eigenvalue weighted by Crippen LogP contribution is 2.62. The third kappa shape index (κ3) is 2.20. The molecular weight excluding hydrogens is 440 g/mol. The molecule has 0 amide bonds. The number of ether oxygens (including phenoxy) is 6. The minimum absolute atomic E-state index is 0.229. The monoisotopic (exact) mass is 460 g/mol. The zero-order valence-electron chi connectivity index (χ0n) is 17.9. The van der Waals surface area contributed by atoms with E-state index in [9.17, 15) is 9.59 Å². The van der Waals surface area contributed by atoms with E-state index in [1.807, 2.05) is 36.4 Å². The first-order valence-electron chi connectivity index (χ1n) is 11.1. The maximum absolute atomic E-state index is 13.6. The molecular formula is C26H20O8. The van der Waals surface area contributed by atoms with E-state index in [2.05, 4.69) is 0 Å². The van der Waals surface area contributed by atoms with E-state index in [4.69, 9.17) is 28.4 Å². The van der Waals surface area contributed by atoms with Crippen LogP contribution in [0, 0.1) is 11.8 Å². The number of carbonyl (C=O) groups excluding carboxylic acids is 2. The summed E-state index contributed by atoms with van der Waals surface area (Å²) in [6.45, 7) is -0.457. The van der Waals surface area contributed by atoms with Gasteiger partial charge in [0.15, 0.2) is 13.2 Å². The number of hydrogen-bond acceptors (Lipinski definition) is 8. The van der Waals surface area contributed by atoms with Gasteiger partial charge in [-0.25, -0.2) is 9.59 Å². The Morgan fingerprint density at radius 1 is 0.618 bits per heavy atom. The van der Waals surface area contributed by atoms with E-state index in [0.717, 1.165) is 0 Å². The van der Waals surface area contributed by atoms with Gasteiger partial charge in [0.1, 0.15) is 0 Å². The van der Waals surface area contributed by atoms with E-state index in [0.29, 0.717) is 11.1 Å². The molecule has 2 aromatic carbocycles. The van der Waals surface area contributed by atoms with Crippen molar-refractivity contribution in [1.82, 2.24) is 0 Å². The van der Waals surface area contributed by atoms with Gasteiger partial charge >= 0.3 is 11.9 Å². The molecule has 5 heterocycles. The van der Waals surface area contributed by atoms with Crippen LogP contribution in [-0.4, -0.2) is 36.7 Å². The summed E-state index contributed by atoms with van der Waals surface area (Å²) in [6, 6.07) is 18.2. The van der Waals surface area contributed by atoms with Crippen LogP contribution in [0.2, 0.25) is 0 Å². The van der Waals surface area contributed by atoms with Crippen LogP contribution in [0.3, 0.4) is 0 Å². The molecule has 5 aliphatic heterocycles. The molecule has 8 nitrogen and oxygen atoms in total. The third-order valence-corrected chi connectivity index (χ3v) is 7.39. The summed E-state index contributed by atoms with van der Waals surface area (Å²) in [5.74, 6) is -4.95. The Morgan fingerprint density at radius 2 is 1.03 bits per heavy atom. The van der Waals surface area contributed by atoms with Gasteiger partial charge in [-0.15, -0.1) is 0 Å². The summed E-state index contributed by atoms with van der Waals surface area (Å²) in [4.78, 5) is 27.2. The predicted molar refractivity (Wildman–Crippen MR) is 113 cm³/mol. The van der Waals surface area contributed by atoms with Crippen LogP contribution in [0.4, 0.5) is 0 Å². The van der Waals surface area contributed by atoms with Crippen LogP contribution in [-0.2, 0) is 49.2 Å². The van der Waals surface area contributed by atoms with Crippen LogP contribution in [0.15, 0.2) is 85.3 Å². The molecule has 2 aromatic rings. The highest BCUT2D eigenvalue weighted by Gasteiger charge is 2.77. The van der Waals surface area contributed by atoms with Crippen molar-refractivity contribution in [1.29, 1.82) is 0 Å². The summed E-state index contributed by atoms with van der Waals surface area (Å²) in [5, 5.41) is 0. The molecule has 3 saturated heterocycles. The Labute approximate surface area is 194 Å². The van der Waals surface area contributed by atoms with E-state index in [1.165, 1.54) is 12.5 Å². The smallest absolute Gasteiger partial charge is 0.344 e. The van der Waals surface area contributed by atoms with E-state index < -0.39 is 46.6 Å². The fraction of sp³-hybridized carbons (Fsp3) is 0.308. The molecule has 172 valence electrons. The lowest BCUT2D eigenvalue weighted by atomic mass is 9.69. The fourth-order valence-electron chi connectivity index (χ4n) is 5.80. The Bertz CT molecular complexity index is 1140. The number of rotatable bonds is 2. The van der Waals surface area contributed by atoms with Gasteiger partial charge in [-0.3, -0.25) is 0 Å². The minimum atomic E-state index is -1.45. The Balaban J connectivity index is 1.32. The maximum atomic E-state index is 13.6. The van der Waals surface area contributed by atoms with Crippen molar-refractivity contribution in [2.75, 3.05) is 13.2 Å². The number of esters is 2. The minimum Gasteiger partial charge on any atom is -0.466 e. The molecule has 0 spiro atoms. The molecule has 5 aliphatic rings. The normalized spacial score (nSPS) is 41.2. The van der Waals surface area contributed by atoms with Crippen molar-refractivity contribution in [3.63, 3.8) is 0 Å². The fourth-order valence-corrected chi connectivity index (χ4v) is 5.80. The van der Waals surface area contributed by atoms with E-state index >= 15 is 0 Å². The lowest BCUT2D eigenvalue weighted by Crippen LogP contribution is -2.74. The Kier molecular flexibility index (Phi) is 3.78. The molecule has 3 fully saturated rings. The van der Waals surface area contributed by atoms with Crippen LogP contribution < -0.4 is 0 Å². The molecule has 0 aromatic heterocycles. The first-order chi connectivity index (χ1) is 16.6. The highest BCUT2D eigenvalue weighted by atomic mass is 16.8. The third-order valence-electron chi connectivity index (χ3n) is 7.39. The zero-order chi connectivity index (χ0) is 23.0. The lowest BCUT2D eigenvalue weighted by molar-refractivity contribution is -0.419. The van der Waals surface area contributed by atoms with Crippen molar-refractivity contribution in [3.05, 3.63) is 96.5 Å². The highest BCUT2D eigenvalue weighted by molar-refractivity contribution is 5.86. The summed E-state index contributed by atoms with van der Waals surface area (Å²) in [5.41, 5.74) is -1.66. The van der Waals surface area contributed by atoms with Crippen LogP contribution in [0.5, 0.6) is 0 Å². The van der Waals surface area contributed by atoms with Gasteiger partial charge in [-0.1, -0.05) is 60.7 Å². The maximum Gasteiger partial charge on any atom is 0.344 e. The van der Waals surface area contributed by atoms with Crippen molar-refractivity contribution in [3.8, 4) is 0 Å². The van der Waals surface area contributed by atoms with Crippen LogP contribution in [0.25, 0.3) is 0 Å². The van der Waals surface area contributed by atoms with Crippen molar-refractivity contribution in [2.45, 2.75) is 22.8 Å². The van der Waals surface area contributed by atoms with Gasteiger partial charge in [-0.05, 0) is 23.3 Å². The molecule has 0 radical (unpaired) electrons. The van der Waals surface area contributed by atoms with Gasteiger partial charge in [0.25, 0.3) is 11.6 Å². The van der Waals surface area contributed by atoms with Crippen molar-refractivity contribution >= 4 is 11.9 Å². The molecule has 0 N–H and O–H groups in total. The molecule has 6 atom stereocenters. The Morgan fingerprint density at radius 3 is 1.44 bits per heavy atom. The first kappa shape index (κ1) is 19.8. The standard InChI is InChI=1S/C26H20O8/c27-21-25(17-7-3-1-4-8-17)19-11-13-31-23(19,33-25)15-30-22(28)26(18-9-5-2-6-10-18)20-12-14-32-24(20,34-26)16-29-21/h1-14,19-20H,15-16H2/t19-,20+,23-,24+,25-,26+. The first-order valence-corrected chi connectivity index (χ1v) is 11.1. The van der Waals surface area contributed by atoms with Crippen LogP contribution in [0.1, 0.15) is 11.1 Å². The van der Waals surface area contributed by atoms with Gasteiger partial charge in [0.05, 0.1) is 24.4 Å². The number of benzene rings is 2. The number of carbonyl (C=O) groups is 2. The quantitative estimate of drug-likeness (QED) is 0.632. The average molecular weight is 460 g/mol. The molecule has 4 bridgehead atoms. The lowest BCUT2D eigenvalue weighted by Gasteiger charge is -2.58. The summed E-state index contributed by atoms with van der Waals surface area (Å²) < 4.78 is 35.6. The topological polar surface area (TPSA) is 89.5 Å². The number of hydrogen-bond donors (Lipinski definition) is 0. The van der Waals surface area contributed by atoms with Gasteiger partial charge in [0.2, 0.25) is 11.2 Å². The zero-order valence-corrected chi connectivity index (χ0v) is 17.9. The van der Waals surface area contributed by atoms with E-state index in [1.54, 1.807) is 36.4 Å². The largest absolute Gasteiger partial charge is 0.466 e. The van der Waals surface area contributed by atoms with E-state index in [-0.39, 0.29) is 13.2 Å². The van der Waals surface area contributed by atoms with Crippen LogP contribution >= 0.6 is 0 Å². The second kappa shape index (κ2) is 6.49. The van der Waals surface area contributed by atoms with Crippen molar-refractivity contribution in [2.24, 2.45) is 11.8 Å². The number of cyclic esters (lactones) is 2. The molecule has 0 aliphatic carbocycles. The van der Waals surface area contributed by atoms with Gasteiger partial charge in [0, 0.05) is 0 Å². The predicted octanol–water partition coefficient (Wildman–Crippen LogP) is 2.65. The Hall–Kier alpha value is -3.62. The molecule has 0 unspecified atom stereocenters. The average Bonchev–Trinajstić information content (AvgIpc) is 3.37. The summed E-state index contributed by atoms with van der Waals surface area (Å²) in [6.07, 6.45) is 6.43. The molecule has 7 rings (SSSR count). The summed E-state index contributed by atoms with van der Waals surface area (Å²) in [7, 11) is 0. The summed E-state index contributed by atoms with van der Waals surface area (Å²) >= 11 is 0. The molecule has 34 heavy (non-hydrogen) atoms. The SMILES string of the molecule is O=C1OC[C@@]23OC=C[C@@H]2[C@](c2ccccc2)(O3)C(=O)OC[C@]23OC=C[C@H]2[C@@]1(c1ccccc1)O3. The second-order valence-corrected chi connectivity index (χ2v) is 9.03. The van der Waals surface area contributed by atoms with Crippen molar-refractivity contribution < 1.29 is 38.0 Å². The van der Waals surface area contributed by atoms with Gasteiger partial charge < -0.3 is 28.4 Å². The molecule has 0 saturated carbocycles.